The Kier molecular flexibility index (Phi) is 8.53. The molecule has 2 aliphatic rings. The van der Waals surface area contributed by atoms with E-state index in [0.29, 0.717) is 33.4 Å². The number of carbonyl (C=O) groups is 3. The number of imide groups is 1. The number of benzene rings is 3. The lowest BCUT2D eigenvalue weighted by Gasteiger charge is -2.31. The highest BCUT2D eigenvalue weighted by Gasteiger charge is 2.57. The Labute approximate surface area is 274 Å². The Morgan fingerprint density at radius 1 is 0.894 bits per heavy atom. The quantitative estimate of drug-likeness (QED) is 0.246. The number of alkyl halides is 3. The number of thioether (sulfide) groups is 1. The van der Waals surface area contributed by atoms with E-state index in [4.69, 9.17) is 14.2 Å². The van der Waals surface area contributed by atoms with Gasteiger partial charge in [0.2, 0.25) is 17.7 Å². The molecule has 0 bridgehead atoms. The van der Waals surface area contributed by atoms with Crippen molar-refractivity contribution in [2.24, 2.45) is 5.92 Å². The first-order valence-electron chi connectivity index (χ1n) is 14.1. The summed E-state index contributed by atoms with van der Waals surface area (Å²) in [6.45, 7) is -0.621. The van der Waals surface area contributed by atoms with Crippen molar-refractivity contribution >= 4 is 52.2 Å². The van der Waals surface area contributed by atoms with Crippen LogP contribution >= 0.6 is 23.1 Å². The predicted octanol–water partition coefficient (Wildman–Crippen LogP) is 5.39. The summed E-state index contributed by atoms with van der Waals surface area (Å²) < 4.78 is 57.9. The third kappa shape index (κ3) is 5.73. The van der Waals surface area contributed by atoms with Gasteiger partial charge in [-0.3, -0.25) is 23.7 Å². The maximum absolute atomic E-state index is 14.1. The molecule has 3 unspecified atom stereocenters. The molecule has 10 nitrogen and oxygen atoms in total. The number of hydrogen-bond acceptors (Lipinski definition) is 9. The summed E-state index contributed by atoms with van der Waals surface area (Å²) >= 11 is 1.79. The number of rotatable bonds is 8. The smallest absolute Gasteiger partial charge is 0.418 e. The number of fused-ring (bicyclic) bond motifs is 2. The van der Waals surface area contributed by atoms with Gasteiger partial charge in [0.25, 0.3) is 0 Å². The van der Waals surface area contributed by atoms with Crippen molar-refractivity contribution in [3.8, 4) is 17.2 Å². The van der Waals surface area contributed by atoms with Gasteiger partial charge in [0, 0.05) is 10.8 Å². The van der Waals surface area contributed by atoms with Crippen molar-refractivity contribution in [2.45, 2.75) is 28.9 Å². The number of amides is 3. The molecule has 3 amide bonds. The number of halogens is 3. The molecule has 6 rings (SSSR count). The van der Waals surface area contributed by atoms with E-state index in [1.807, 2.05) is 0 Å². The first-order chi connectivity index (χ1) is 22.5. The Hall–Kier alpha value is -4.76. The molecule has 0 radical (unpaired) electrons. The second-order valence-corrected chi connectivity index (χ2v) is 12.7. The van der Waals surface area contributed by atoms with E-state index in [0.717, 1.165) is 44.7 Å². The largest absolute Gasteiger partial charge is 0.497 e. The Balaban J connectivity index is 1.42. The minimum absolute atomic E-state index is 0.276. The molecule has 3 atom stereocenters. The van der Waals surface area contributed by atoms with Gasteiger partial charge in [-0.25, -0.2) is 4.90 Å². The van der Waals surface area contributed by atoms with Crippen LogP contribution in [0.4, 0.5) is 24.5 Å². The molecule has 244 valence electrons. The third-order valence-electron chi connectivity index (χ3n) is 7.95. The molecule has 47 heavy (non-hydrogen) atoms. The van der Waals surface area contributed by atoms with Crippen molar-refractivity contribution < 1.29 is 41.8 Å². The lowest BCUT2D eigenvalue weighted by Crippen LogP contribution is -2.33. The van der Waals surface area contributed by atoms with Gasteiger partial charge in [0.15, 0.2) is 11.5 Å². The molecule has 0 aliphatic carbocycles. The highest BCUT2D eigenvalue weighted by molar-refractivity contribution is 8.00. The molecule has 1 N–H and O–H groups in total. The summed E-state index contributed by atoms with van der Waals surface area (Å²) in [4.78, 5) is 55.6. The van der Waals surface area contributed by atoms with Crippen LogP contribution < -0.4 is 29.3 Å². The molecule has 0 spiro atoms. The Morgan fingerprint density at radius 2 is 1.60 bits per heavy atom. The summed E-state index contributed by atoms with van der Waals surface area (Å²) in [5.74, 6) is -2.28. The SMILES string of the molecule is COc1ccc(N2C(=O)C3Sc4c(sc(=O)n4CC(=O)Nc4ccccc4C(F)(F)F)C(c4ccc(OC)c(OC)c4)C3C2=O)cc1. The maximum Gasteiger partial charge on any atom is 0.418 e. The molecule has 0 saturated carbocycles. The first-order valence-corrected chi connectivity index (χ1v) is 15.8. The van der Waals surface area contributed by atoms with E-state index in [2.05, 4.69) is 5.32 Å². The number of aromatic nitrogens is 1. The third-order valence-corrected chi connectivity index (χ3v) is 10.6. The zero-order valence-electron chi connectivity index (χ0n) is 25.0. The summed E-state index contributed by atoms with van der Waals surface area (Å²) in [5, 5.41) is 1.56. The number of thiazole rings is 1. The van der Waals surface area contributed by atoms with Gasteiger partial charge in [-0.15, -0.1) is 0 Å². The lowest BCUT2D eigenvalue weighted by atomic mass is 9.83. The molecule has 4 aromatic rings. The van der Waals surface area contributed by atoms with Gasteiger partial charge < -0.3 is 19.5 Å². The van der Waals surface area contributed by atoms with Crippen LogP contribution in [0.25, 0.3) is 0 Å². The fourth-order valence-corrected chi connectivity index (χ4v) is 8.59. The average Bonchev–Trinajstić information content (AvgIpc) is 3.50. The van der Waals surface area contributed by atoms with Crippen molar-refractivity contribution in [2.75, 3.05) is 31.5 Å². The van der Waals surface area contributed by atoms with Crippen LogP contribution in [0.2, 0.25) is 0 Å². The van der Waals surface area contributed by atoms with Crippen molar-refractivity contribution in [3.63, 3.8) is 0 Å². The van der Waals surface area contributed by atoms with Crippen LogP contribution in [0.1, 0.15) is 21.9 Å². The van der Waals surface area contributed by atoms with Crippen LogP contribution in [0.5, 0.6) is 17.2 Å². The summed E-state index contributed by atoms with van der Waals surface area (Å²) in [6.07, 6.45) is -4.72. The van der Waals surface area contributed by atoms with Crippen LogP contribution in [0.15, 0.2) is 76.6 Å². The molecule has 2 aliphatic heterocycles. The summed E-state index contributed by atoms with van der Waals surface area (Å²) in [6, 6.07) is 16.0. The fraction of sp³-hybridized carbons (Fsp3) is 0.250. The predicted molar refractivity (Wildman–Crippen MR) is 169 cm³/mol. The summed E-state index contributed by atoms with van der Waals surface area (Å²) in [5.41, 5.74) is -0.587. The van der Waals surface area contributed by atoms with Gasteiger partial charge >= 0.3 is 11.0 Å². The molecule has 3 heterocycles. The van der Waals surface area contributed by atoms with Crippen LogP contribution in [-0.4, -0.2) is 48.9 Å². The topological polar surface area (TPSA) is 116 Å². The van der Waals surface area contributed by atoms with Gasteiger partial charge in [0.1, 0.15) is 17.5 Å². The van der Waals surface area contributed by atoms with Crippen LogP contribution in [0.3, 0.4) is 0 Å². The Morgan fingerprint density at radius 3 is 2.26 bits per heavy atom. The van der Waals surface area contributed by atoms with Crippen LogP contribution in [0, 0.1) is 5.92 Å². The van der Waals surface area contributed by atoms with Crippen molar-refractivity contribution in [1.82, 2.24) is 4.57 Å². The van der Waals surface area contributed by atoms with Gasteiger partial charge in [-0.2, -0.15) is 13.2 Å². The lowest BCUT2D eigenvalue weighted by molar-refractivity contribution is -0.137. The van der Waals surface area contributed by atoms with Gasteiger partial charge in [0.05, 0.1) is 49.2 Å². The zero-order chi connectivity index (χ0) is 33.6. The van der Waals surface area contributed by atoms with Gasteiger partial charge in [-0.1, -0.05) is 41.3 Å². The average molecular weight is 686 g/mol. The monoisotopic (exact) mass is 685 g/mol. The molecular weight excluding hydrogens is 659 g/mol. The standard InChI is InChI=1S/C32H26F3N3O7S2/c1-43-18-11-9-17(10-12-18)38-28(40)25-24(16-8-13-21(44-2)22(14-16)45-3)27-30(46-26(25)29(38)41)37(31(42)47-27)15-23(39)36-20-7-5-4-6-19(20)32(33,34)35/h4-14,24-26H,15H2,1-3H3,(H,36,39). The maximum atomic E-state index is 14.1. The van der Waals surface area contributed by atoms with Crippen molar-refractivity contribution in [1.29, 1.82) is 0 Å². The fourth-order valence-electron chi connectivity index (χ4n) is 5.82. The molecule has 3 aromatic carbocycles. The number of hydrogen-bond donors (Lipinski definition) is 1. The minimum Gasteiger partial charge on any atom is -0.497 e. The molecule has 1 saturated heterocycles. The molecule has 15 heteroatoms. The highest BCUT2D eigenvalue weighted by Crippen LogP contribution is 2.54. The van der Waals surface area contributed by atoms with Gasteiger partial charge in [-0.05, 0) is 54.1 Å². The number of nitrogens with one attached hydrogen (secondary N) is 1. The number of methoxy groups -OCH3 is 3. The molecule has 1 aromatic heterocycles. The number of para-hydroxylation sites is 1. The van der Waals surface area contributed by atoms with Crippen LogP contribution in [-0.2, 0) is 27.1 Å². The second-order valence-electron chi connectivity index (χ2n) is 10.6. The molecule has 1 fully saturated rings. The molecular formula is C32H26F3N3O7S2. The number of anilines is 2. The number of ether oxygens (including phenoxy) is 3. The number of nitrogens with zero attached hydrogens (tertiary/aromatic N) is 2. The Bertz CT molecular complexity index is 1940. The second kappa shape index (κ2) is 12.4. The highest BCUT2D eigenvalue weighted by atomic mass is 32.2. The van der Waals surface area contributed by atoms with E-state index >= 15 is 0 Å². The first kappa shape index (κ1) is 32.2. The summed E-state index contributed by atoms with van der Waals surface area (Å²) in [7, 11) is 4.42. The normalized spacial score (nSPS) is 18.9. The van der Waals surface area contributed by atoms with E-state index in [1.165, 1.54) is 33.5 Å². The van der Waals surface area contributed by atoms with Crippen molar-refractivity contribution in [3.05, 3.63) is 92.4 Å². The minimum atomic E-state index is -4.72. The van der Waals surface area contributed by atoms with E-state index in [1.54, 1.807) is 42.5 Å². The van der Waals surface area contributed by atoms with E-state index in [-0.39, 0.29) is 5.03 Å². The van der Waals surface area contributed by atoms with E-state index < -0.39 is 63.7 Å². The number of carbonyl (C=O) groups excluding carboxylic acids is 3. The van der Waals surface area contributed by atoms with E-state index in [9.17, 15) is 32.3 Å². The zero-order valence-corrected chi connectivity index (χ0v) is 26.6.